The number of rotatable bonds is 5. The van der Waals surface area contributed by atoms with Crippen molar-refractivity contribution in [3.8, 4) is 0 Å². The highest BCUT2D eigenvalue weighted by Gasteiger charge is 2.20. The Bertz CT molecular complexity index is 911. The van der Waals surface area contributed by atoms with Gasteiger partial charge < -0.3 is 4.90 Å². The third kappa shape index (κ3) is 3.44. The minimum absolute atomic E-state index is 0.00487. The smallest absolute Gasteiger partial charge is 0.254 e. The largest absolute Gasteiger partial charge is 0.337 e. The van der Waals surface area contributed by atoms with Crippen molar-refractivity contribution < 1.29 is 4.79 Å². The second-order valence-corrected chi connectivity index (χ2v) is 7.94. The first kappa shape index (κ1) is 17.6. The predicted octanol–water partition coefficient (Wildman–Crippen LogP) is 4.35. The van der Waals surface area contributed by atoms with Crippen LogP contribution in [-0.2, 0) is 6.54 Å². The Morgan fingerprint density at radius 2 is 2.12 bits per heavy atom. The Kier molecular flexibility index (Phi) is 4.90. The third-order valence-corrected chi connectivity index (χ3v) is 5.45. The van der Waals surface area contributed by atoms with Crippen LogP contribution in [0.1, 0.15) is 52.1 Å². The molecule has 0 N–H and O–H groups in total. The van der Waals surface area contributed by atoms with Crippen molar-refractivity contribution in [2.45, 2.75) is 46.7 Å². The van der Waals surface area contributed by atoms with Crippen LogP contribution in [0.5, 0.6) is 0 Å². The highest BCUT2D eigenvalue weighted by atomic mass is 32.1. The molecule has 3 rings (SSSR count). The molecule has 0 spiro atoms. The molecule has 132 valence electrons. The molecule has 0 aliphatic rings. The molecular formula is C19H24N4OS. The highest BCUT2D eigenvalue weighted by Crippen LogP contribution is 2.24. The van der Waals surface area contributed by atoms with Crippen molar-refractivity contribution >= 4 is 28.3 Å². The van der Waals surface area contributed by atoms with Crippen molar-refractivity contribution in [3.63, 3.8) is 0 Å². The van der Waals surface area contributed by atoms with Gasteiger partial charge in [-0.1, -0.05) is 6.92 Å². The minimum Gasteiger partial charge on any atom is -0.337 e. The van der Waals surface area contributed by atoms with E-state index in [0.29, 0.717) is 12.1 Å². The van der Waals surface area contributed by atoms with E-state index in [1.54, 1.807) is 22.4 Å². The topological polar surface area (TPSA) is 51.0 Å². The van der Waals surface area contributed by atoms with Crippen LogP contribution in [0.2, 0.25) is 0 Å². The lowest BCUT2D eigenvalue weighted by molar-refractivity contribution is 0.0788. The van der Waals surface area contributed by atoms with E-state index in [2.05, 4.69) is 43.0 Å². The Labute approximate surface area is 152 Å². The van der Waals surface area contributed by atoms with Crippen LogP contribution >= 0.6 is 11.3 Å². The number of carbonyl (C=O) groups excluding carboxylic acids is 1. The van der Waals surface area contributed by atoms with Gasteiger partial charge in [0, 0.05) is 22.5 Å². The number of amides is 1. The summed E-state index contributed by atoms with van der Waals surface area (Å²) in [6.07, 6.45) is 2.73. The summed E-state index contributed by atoms with van der Waals surface area (Å²) >= 11 is 1.72. The molecule has 3 aromatic rings. The van der Waals surface area contributed by atoms with Crippen LogP contribution in [0.4, 0.5) is 0 Å². The first-order valence-electron chi connectivity index (χ1n) is 8.56. The fourth-order valence-corrected chi connectivity index (χ4v) is 3.84. The number of aromatic nitrogens is 3. The van der Waals surface area contributed by atoms with Gasteiger partial charge in [-0.2, -0.15) is 5.10 Å². The molecule has 0 saturated heterocycles. The quantitative estimate of drug-likeness (QED) is 0.683. The zero-order valence-electron chi connectivity index (χ0n) is 15.4. The van der Waals surface area contributed by atoms with E-state index in [-0.39, 0.29) is 11.9 Å². The van der Waals surface area contributed by atoms with Gasteiger partial charge in [-0.25, -0.2) is 9.67 Å². The molecule has 1 atom stereocenters. The Hall–Kier alpha value is -2.21. The van der Waals surface area contributed by atoms with E-state index in [0.717, 1.165) is 23.1 Å². The molecule has 0 saturated carbocycles. The average Bonchev–Trinajstić information content (AvgIpc) is 3.18. The zero-order chi connectivity index (χ0) is 18.1. The van der Waals surface area contributed by atoms with Gasteiger partial charge in [-0.05, 0) is 45.4 Å². The Morgan fingerprint density at radius 3 is 2.76 bits per heavy atom. The van der Waals surface area contributed by atoms with E-state index >= 15 is 0 Å². The lowest BCUT2D eigenvalue weighted by atomic mass is 10.1. The number of pyridine rings is 1. The number of hydrogen-bond acceptors (Lipinski definition) is 4. The van der Waals surface area contributed by atoms with E-state index < -0.39 is 0 Å². The molecule has 5 nitrogen and oxygen atoms in total. The van der Waals surface area contributed by atoms with Gasteiger partial charge in [0.2, 0.25) is 0 Å². The predicted molar refractivity (Wildman–Crippen MR) is 102 cm³/mol. The van der Waals surface area contributed by atoms with Gasteiger partial charge in [-0.15, -0.1) is 11.3 Å². The molecule has 6 heteroatoms. The van der Waals surface area contributed by atoms with Gasteiger partial charge in [0.15, 0.2) is 5.65 Å². The van der Waals surface area contributed by atoms with Crippen LogP contribution in [0.25, 0.3) is 11.0 Å². The van der Waals surface area contributed by atoms with Crippen molar-refractivity contribution in [1.29, 1.82) is 0 Å². The summed E-state index contributed by atoms with van der Waals surface area (Å²) in [6, 6.07) is 6.28. The molecule has 0 aromatic carbocycles. The van der Waals surface area contributed by atoms with E-state index in [1.807, 2.05) is 24.7 Å². The summed E-state index contributed by atoms with van der Waals surface area (Å²) in [4.78, 5) is 21.9. The molecule has 1 amide bonds. The van der Waals surface area contributed by atoms with E-state index in [9.17, 15) is 4.79 Å². The highest BCUT2D eigenvalue weighted by molar-refractivity contribution is 7.11. The SMILES string of the molecule is CCC(C)n1ncc2c(C(=O)N(C)Cc3ccc(C)s3)cc(C)nc21. The number of hydrogen-bond donors (Lipinski definition) is 0. The monoisotopic (exact) mass is 356 g/mol. The van der Waals surface area contributed by atoms with Gasteiger partial charge >= 0.3 is 0 Å². The zero-order valence-corrected chi connectivity index (χ0v) is 16.2. The summed E-state index contributed by atoms with van der Waals surface area (Å²) in [5.74, 6) is 0.00487. The van der Waals surface area contributed by atoms with Crippen molar-refractivity contribution in [3.05, 3.63) is 45.4 Å². The molecule has 1 unspecified atom stereocenters. The molecule has 3 aromatic heterocycles. The van der Waals surface area contributed by atoms with E-state index in [1.165, 1.54) is 9.75 Å². The van der Waals surface area contributed by atoms with Gasteiger partial charge in [0.05, 0.1) is 29.7 Å². The number of aryl methyl sites for hydroxylation is 2. The summed E-state index contributed by atoms with van der Waals surface area (Å²) in [7, 11) is 1.85. The number of carbonyl (C=O) groups is 1. The Balaban J connectivity index is 1.96. The van der Waals surface area contributed by atoms with Crippen molar-refractivity contribution in [2.24, 2.45) is 0 Å². The summed E-state index contributed by atoms with van der Waals surface area (Å²) in [5.41, 5.74) is 2.30. The van der Waals surface area contributed by atoms with Gasteiger partial charge in [0.1, 0.15) is 0 Å². The van der Waals surface area contributed by atoms with Crippen LogP contribution < -0.4 is 0 Å². The summed E-state index contributed by atoms with van der Waals surface area (Å²) in [5, 5.41) is 5.31. The van der Waals surface area contributed by atoms with Gasteiger partial charge in [0.25, 0.3) is 5.91 Å². The summed E-state index contributed by atoms with van der Waals surface area (Å²) in [6.45, 7) is 8.85. The maximum Gasteiger partial charge on any atom is 0.254 e. The second-order valence-electron chi connectivity index (χ2n) is 6.57. The summed E-state index contributed by atoms with van der Waals surface area (Å²) < 4.78 is 1.92. The van der Waals surface area contributed by atoms with Gasteiger partial charge in [-0.3, -0.25) is 4.79 Å². The molecular weight excluding hydrogens is 332 g/mol. The molecule has 0 radical (unpaired) electrons. The third-order valence-electron chi connectivity index (χ3n) is 4.47. The molecule has 0 aliphatic carbocycles. The van der Waals surface area contributed by atoms with Crippen molar-refractivity contribution in [2.75, 3.05) is 7.05 Å². The molecule has 0 fully saturated rings. The molecule has 0 aliphatic heterocycles. The molecule has 3 heterocycles. The number of thiophene rings is 1. The lowest BCUT2D eigenvalue weighted by Gasteiger charge is -2.17. The first-order valence-corrected chi connectivity index (χ1v) is 9.38. The minimum atomic E-state index is 0.00487. The molecule has 0 bridgehead atoms. The normalized spacial score (nSPS) is 12.5. The maximum absolute atomic E-state index is 13.0. The molecule has 25 heavy (non-hydrogen) atoms. The number of nitrogens with zero attached hydrogens (tertiary/aromatic N) is 4. The number of fused-ring (bicyclic) bond motifs is 1. The second kappa shape index (κ2) is 6.96. The van der Waals surface area contributed by atoms with Crippen LogP contribution in [0, 0.1) is 13.8 Å². The standard InChI is InChI=1S/C19H24N4OS/c1-6-13(3)23-18-17(10-20-23)16(9-12(2)21-18)19(24)22(5)11-15-8-7-14(4)25-15/h7-10,13H,6,11H2,1-5H3. The fraction of sp³-hybridized carbons (Fsp3) is 0.421. The fourth-order valence-electron chi connectivity index (χ4n) is 2.90. The van der Waals surface area contributed by atoms with Crippen LogP contribution in [-0.4, -0.2) is 32.6 Å². The average molecular weight is 356 g/mol. The van der Waals surface area contributed by atoms with Crippen LogP contribution in [0.15, 0.2) is 24.4 Å². The van der Waals surface area contributed by atoms with Crippen molar-refractivity contribution in [1.82, 2.24) is 19.7 Å². The lowest BCUT2D eigenvalue weighted by Crippen LogP contribution is -2.26. The first-order chi connectivity index (χ1) is 11.9. The van der Waals surface area contributed by atoms with E-state index in [4.69, 9.17) is 0 Å². The van der Waals surface area contributed by atoms with Crippen LogP contribution in [0.3, 0.4) is 0 Å². The Morgan fingerprint density at radius 1 is 1.36 bits per heavy atom. The maximum atomic E-state index is 13.0.